The summed E-state index contributed by atoms with van der Waals surface area (Å²) in [6, 6.07) is 5.09. The smallest absolute Gasteiger partial charge is 0.267 e. The Kier molecular flexibility index (Phi) is 4.62. The molecule has 1 aliphatic rings. The normalized spacial score (nSPS) is 25.5. The van der Waals surface area contributed by atoms with Crippen LogP contribution in [0.1, 0.15) is 62.6 Å². The SMILES string of the molecule is CC(C)(C)C1CCC(O)(CNC(=O)c2ccc(C#N)[nH]2)CC1. The second kappa shape index (κ2) is 6.13. The van der Waals surface area contributed by atoms with Gasteiger partial charge in [-0.05, 0) is 49.1 Å². The molecule has 1 heterocycles. The molecule has 0 unspecified atom stereocenters. The van der Waals surface area contributed by atoms with Crippen molar-refractivity contribution in [3.05, 3.63) is 23.5 Å². The molecule has 0 radical (unpaired) electrons. The van der Waals surface area contributed by atoms with E-state index >= 15 is 0 Å². The van der Waals surface area contributed by atoms with Gasteiger partial charge in [0.1, 0.15) is 17.5 Å². The Hall–Kier alpha value is -1.80. The predicted molar refractivity (Wildman–Crippen MR) is 84.2 cm³/mol. The molecule has 0 bridgehead atoms. The molecule has 3 N–H and O–H groups in total. The number of aromatic nitrogens is 1. The molecule has 120 valence electrons. The van der Waals surface area contributed by atoms with Crippen molar-refractivity contribution < 1.29 is 9.90 Å². The summed E-state index contributed by atoms with van der Waals surface area (Å²) >= 11 is 0. The van der Waals surface area contributed by atoms with Crippen molar-refractivity contribution in [1.29, 1.82) is 5.26 Å². The Balaban J connectivity index is 1.86. The van der Waals surface area contributed by atoms with Crippen LogP contribution in [0.5, 0.6) is 0 Å². The van der Waals surface area contributed by atoms with Crippen LogP contribution < -0.4 is 5.32 Å². The minimum absolute atomic E-state index is 0.254. The Bertz CT molecular complexity index is 569. The third-order valence-corrected chi connectivity index (χ3v) is 4.77. The maximum atomic E-state index is 12.0. The van der Waals surface area contributed by atoms with E-state index in [2.05, 4.69) is 31.1 Å². The molecule has 0 aromatic carbocycles. The highest BCUT2D eigenvalue weighted by Crippen LogP contribution is 2.41. The number of nitrogens with one attached hydrogen (secondary N) is 2. The van der Waals surface area contributed by atoms with E-state index in [0.717, 1.165) is 12.8 Å². The van der Waals surface area contributed by atoms with Crippen molar-refractivity contribution in [3.8, 4) is 6.07 Å². The molecule has 5 heteroatoms. The van der Waals surface area contributed by atoms with E-state index in [4.69, 9.17) is 5.26 Å². The molecular formula is C17H25N3O2. The number of hydrogen-bond acceptors (Lipinski definition) is 3. The minimum Gasteiger partial charge on any atom is -0.388 e. The molecule has 0 atom stereocenters. The van der Waals surface area contributed by atoms with E-state index in [1.165, 1.54) is 0 Å². The summed E-state index contributed by atoms with van der Waals surface area (Å²) in [6.45, 7) is 6.97. The van der Waals surface area contributed by atoms with Crippen molar-refractivity contribution in [1.82, 2.24) is 10.3 Å². The van der Waals surface area contributed by atoms with Gasteiger partial charge in [0.15, 0.2) is 0 Å². The number of H-pyrrole nitrogens is 1. The van der Waals surface area contributed by atoms with Crippen LogP contribution >= 0.6 is 0 Å². The van der Waals surface area contributed by atoms with Gasteiger partial charge in [0.2, 0.25) is 0 Å². The largest absolute Gasteiger partial charge is 0.388 e. The van der Waals surface area contributed by atoms with Gasteiger partial charge in [0, 0.05) is 6.54 Å². The zero-order chi connectivity index (χ0) is 16.4. The van der Waals surface area contributed by atoms with Crippen LogP contribution in [0.3, 0.4) is 0 Å². The first-order chi connectivity index (χ1) is 10.2. The van der Waals surface area contributed by atoms with Crippen molar-refractivity contribution in [2.45, 2.75) is 52.1 Å². The van der Waals surface area contributed by atoms with Crippen molar-refractivity contribution >= 4 is 5.91 Å². The van der Waals surface area contributed by atoms with Crippen molar-refractivity contribution in [3.63, 3.8) is 0 Å². The molecule has 0 saturated heterocycles. The van der Waals surface area contributed by atoms with Gasteiger partial charge in [0.25, 0.3) is 5.91 Å². The monoisotopic (exact) mass is 303 g/mol. The molecule has 1 saturated carbocycles. The summed E-state index contributed by atoms with van der Waals surface area (Å²) in [5.41, 5.74) is 0.156. The van der Waals surface area contributed by atoms with Gasteiger partial charge in [-0.1, -0.05) is 20.8 Å². The summed E-state index contributed by atoms with van der Waals surface area (Å²) in [7, 11) is 0. The summed E-state index contributed by atoms with van der Waals surface area (Å²) in [5, 5.41) is 22.1. The van der Waals surface area contributed by atoms with Crippen LogP contribution in [0.2, 0.25) is 0 Å². The Morgan fingerprint density at radius 2 is 2.09 bits per heavy atom. The van der Waals surface area contributed by atoms with Gasteiger partial charge in [-0.2, -0.15) is 5.26 Å². The number of hydrogen-bond donors (Lipinski definition) is 3. The number of aliphatic hydroxyl groups is 1. The van der Waals surface area contributed by atoms with Gasteiger partial charge in [-0.15, -0.1) is 0 Å². The molecule has 22 heavy (non-hydrogen) atoms. The number of rotatable bonds is 3. The topological polar surface area (TPSA) is 88.9 Å². The number of nitrogens with zero attached hydrogens (tertiary/aromatic N) is 1. The van der Waals surface area contributed by atoms with Crippen molar-refractivity contribution in [2.75, 3.05) is 6.54 Å². The fourth-order valence-corrected chi connectivity index (χ4v) is 3.13. The molecule has 0 spiro atoms. The van der Waals surface area contributed by atoms with E-state index in [-0.39, 0.29) is 17.9 Å². The van der Waals surface area contributed by atoms with Crippen molar-refractivity contribution in [2.24, 2.45) is 11.3 Å². The third-order valence-electron chi connectivity index (χ3n) is 4.77. The zero-order valence-electron chi connectivity index (χ0n) is 13.6. The van der Waals surface area contributed by atoms with Gasteiger partial charge < -0.3 is 15.4 Å². The molecule has 2 rings (SSSR count). The van der Waals surface area contributed by atoms with Crippen LogP contribution in [-0.4, -0.2) is 28.1 Å². The quantitative estimate of drug-likeness (QED) is 0.801. The summed E-state index contributed by atoms with van der Waals surface area (Å²) in [4.78, 5) is 14.8. The first kappa shape index (κ1) is 16.6. The zero-order valence-corrected chi connectivity index (χ0v) is 13.6. The second-order valence-electron chi connectivity index (χ2n) is 7.44. The lowest BCUT2D eigenvalue weighted by Gasteiger charge is -2.41. The van der Waals surface area contributed by atoms with Crippen LogP contribution in [0, 0.1) is 22.7 Å². The highest BCUT2D eigenvalue weighted by molar-refractivity contribution is 5.92. The number of nitriles is 1. The maximum Gasteiger partial charge on any atom is 0.267 e. The molecule has 1 aromatic heterocycles. The fourth-order valence-electron chi connectivity index (χ4n) is 3.13. The molecule has 1 amide bonds. The molecule has 0 aliphatic heterocycles. The van der Waals surface area contributed by atoms with Crippen LogP contribution in [0.4, 0.5) is 0 Å². The van der Waals surface area contributed by atoms with Crippen LogP contribution in [0.15, 0.2) is 12.1 Å². The fraction of sp³-hybridized carbons (Fsp3) is 0.647. The second-order valence-corrected chi connectivity index (χ2v) is 7.44. The lowest BCUT2D eigenvalue weighted by Crippen LogP contribution is -2.46. The van der Waals surface area contributed by atoms with Gasteiger partial charge in [0.05, 0.1) is 5.60 Å². The van der Waals surface area contributed by atoms with E-state index in [9.17, 15) is 9.90 Å². The molecule has 1 aliphatic carbocycles. The molecular weight excluding hydrogens is 278 g/mol. The molecule has 1 fully saturated rings. The molecule has 1 aromatic rings. The average Bonchev–Trinajstić information content (AvgIpc) is 2.93. The summed E-state index contributed by atoms with van der Waals surface area (Å²) in [5.74, 6) is 0.331. The minimum atomic E-state index is -0.817. The number of amides is 1. The number of aromatic amines is 1. The van der Waals surface area contributed by atoms with Crippen LogP contribution in [0.25, 0.3) is 0 Å². The number of carbonyl (C=O) groups excluding carboxylic acids is 1. The highest BCUT2D eigenvalue weighted by atomic mass is 16.3. The van der Waals surface area contributed by atoms with E-state index in [0.29, 0.717) is 30.1 Å². The first-order valence-corrected chi connectivity index (χ1v) is 7.83. The summed E-state index contributed by atoms with van der Waals surface area (Å²) < 4.78 is 0. The van der Waals surface area contributed by atoms with E-state index < -0.39 is 5.60 Å². The molecule has 5 nitrogen and oxygen atoms in total. The Morgan fingerprint density at radius 3 is 2.59 bits per heavy atom. The van der Waals surface area contributed by atoms with Gasteiger partial charge >= 0.3 is 0 Å². The predicted octanol–water partition coefficient (Wildman–Crippen LogP) is 2.58. The highest BCUT2D eigenvalue weighted by Gasteiger charge is 2.37. The van der Waals surface area contributed by atoms with Gasteiger partial charge in [-0.3, -0.25) is 4.79 Å². The standard InChI is InChI=1S/C17H25N3O2/c1-16(2,3)12-6-8-17(22,9-7-12)11-19-15(21)14-5-4-13(10-18)20-14/h4-5,12,20,22H,6-9,11H2,1-3H3,(H,19,21). The lowest BCUT2D eigenvalue weighted by atomic mass is 9.68. The van der Waals surface area contributed by atoms with Crippen LogP contribution in [-0.2, 0) is 0 Å². The van der Waals surface area contributed by atoms with E-state index in [1.807, 2.05) is 6.07 Å². The lowest BCUT2D eigenvalue weighted by molar-refractivity contribution is -0.0228. The Labute approximate surface area is 131 Å². The Morgan fingerprint density at radius 1 is 1.45 bits per heavy atom. The summed E-state index contributed by atoms with van der Waals surface area (Å²) in [6.07, 6.45) is 3.39. The van der Waals surface area contributed by atoms with E-state index in [1.54, 1.807) is 12.1 Å². The number of carbonyl (C=O) groups is 1. The maximum absolute atomic E-state index is 12.0. The average molecular weight is 303 g/mol. The third kappa shape index (κ3) is 3.89. The van der Waals surface area contributed by atoms with Gasteiger partial charge in [-0.25, -0.2) is 0 Å². The first-order valence-electron chi connectivity index (χ1n) is 7.83.